The molecular formula is C16H25NO. The van der Waals surface area contributed by atoms with Crippen molar-refractivity contribution in [2.75, 3.05) is 20.1 Å². The van der Waals surface area contributed by atoms with E-state index < -0.39 is 0 Å². The Bertz CT molecular complexity index is 404. The van der Waals surface area contributed by atoms with Gasteiger partial charge in [0, 0.05) is 25.1 Å². The van der Waals surface area contributed by atoms with Gasteiger partial charge in [-0.05, 0) is 25.5 Å². The molecule has 0 aliphatic carbocycles. The molecule has 0 amide bonds. The zero-order valence-corrected chi connectivity index (χ0v) is 12.3. The van der Waals surface area contributed by atoms with Crippen LogP contribution < -0.4 is 0 Å². The average molecular weight is 247 g/mol. The zero-order valence-electron chi connectivity index (χ0n) is 12.3. The highest BCUT2D eigenvalue weighted by Gasteiger charge is 2.14. The lowest BCUT2D eigenvalue weighted by molar-refractivity contribution is 0.0961. The summed E-state index contributed by atoms with van der Waals surface area (Å²) in [6.45, 7) is 10.5. The van der Waals surface area contributed by atoms with Crippen LogP contribution in [0.15, 0.2) is 24.3 Å². The number of carbonyl (C=O) groups is 1. The Hall–Kier alpha value is -1.15. The SMILES string of the molecule is Cc1cccc(C(=O)CCN(C)CC(C)(C)C)c1. The first-order valence-electron chi connectivity index (χ1n) is 6.56. The highest BCUT2D eigenvalue weighted by Crippen LogP contribution is 2.14. The number of rotatable bonds is 5. The van der Waals surface area contributed by atoms with E-state index in [-0.39, 0.29) is 11.2 Å². The molecule has 0 saturated heterocycles. The maximum Gasteiger partial charge on any atom is 0.164 e. The van der Waals surface area contributed by atoms with E-state index in [1.165, 1.54) is 0 Å². The third kappa shape index (κ3) is 5.46. The summed E-state index contributed by atoms with van der Waals surface area (Å²) in [5, 5.41) is 0. The zero-order chi connectivity index (χ0) is 13.8. The maximum absolute atomic E-state index is 12.0. The minimum atomic E-state index is 0.236. The molecule has 100 valence electrons. The number of Topliss-reactive ketones (excluding diaryl/α,β-unsaturated/α-hetero) is 1. The highest BCUT2D eigenvalue weighted by molar-refractivity contribution is 5.96. The first-order chi connectivity index (χ1) is 8.28. The van der Waals surface area contributed by atoms with Crippen LogP contribution in [0.5, 0.6) is 0 Å². The molecule has 0 N–H and O–H groups in total. The fraction of sp³-hybridized carbons (Fsp3) is 0.562. The lowest BCUT2D eigenvalue weighted by Gasteiger charge is -2.26. The molecule has 0 fully saturated rings. The molecule has 0 spiro atoms. The van der Waals surface area contributed by atoms with Gasteiger partial charge in [-0.1, -0.05) is 44.5 Å². The third-order valence-electron chi connectivity index (χ3n) is 2.80. The maximum atomic E-state index is 12.0. The van der Waals surface area contributed by atoms with E-state index in [4.69, 9.17) is 0 Å². The Morgan fingerprint density at radius 1 is 1.28 bits per heavy atom. The molecule has 0 atom stereocenters. The van der Waals surface area contributed by atoms with E-state index in [2.05, 4.69) is 32.7 Å². The predicted octanol–water partition coefficient (Wildman–Crippen LogP) is 3.55. The van der Waals surface area contributed by atoms with Gasteiger partial charge in [0.2, 0.25) is 0 Å². The van der Waals surface area contributed by atoms with Crippen LogP contribution in [0.25, 0.3) is 0 Å². The normalized spacial score (nSPS) is 11.9. The van der Waals surface area contributed by atoms with E-state index in [0.29, 0.717) is 6.42 Å². The molecule has 0 unspecified atom stereocenters. The van der Waals surface area contributed by atoms with Gasteiger partial charge in [0.1, 0.15) is 0 Å². The molecule has 0 heterocycles. The van der Waals surface area contributed by atoms with Crippen molar-refractivity contribution in [3.8, 4) is 0 Å². The summed E-state index contributed by atoms with van der Waals surface area (Å²) in [5.74, 6) is 0.236. The Kier molecular flexibility index (Phi) is 5.09. The summed E-state index contributed by atoms with van der Waals surface area (Å²) >= 11 is 0. The van der Waals surface area contributed by atoms with Gasteiger partial charge < -0.3 is 4.90 Å². The van der Waals surface area contributed by atoms with Gasteiger partial charge in [0.05, 0.1) is 0 Å². The quantitative estimate of drug-likeness (QED) is 0.742. The fourth-order valence-electron chi connectivity index (χ4n) is 2.14. The second kappa shape index (κ2) is 6.14. The van der Waals surface area contributed by atoms with Crippen molar-refractivity contribution in [1.29, 1.82) is 0 Å². The van der Waals surface area contributed by atoms with Crippen LogP contribution in [0.2, 0.25) is 0 Å². The molecule has 0 aliphatic heterocycles. The van der Waals surface area contributed by atoms with Gasteiger partial charge >= 0.3 is 0 Å². The Morgan fingerprint density at radius 3 is 2.50 bits per heavy atom. The van der Waals surface area contributed by atoms with Crippen molar-refractivity contribution in [3.05, 3.63) is 35.4 Å². The molecule has 2 nitrogen and oxygen atoms in total. The van der Waals surface area contributed by atoms with Gasteiger partial charge in [-0.15, -0.1) is 0 Å². The van der Waals surface area contributed by atoms with Crippen molar-refractivity contribution < 1.29 is 4.79 Å². The molecule has 0 aliphatic rings. The summed E-state index contributed by atoms with van der Waals surface area (Å²) in [5.41, 5.74) is 2.25. The number of hydrogen-bond acceptors (Lipinski definition) is 2. The summed E-state index contributed by atoms with van der Waals surface area (Å²) in [6, 6.07) is 7.83. The summed E-state index contributed by atoms with van der Waals surface area (Å²) in [6.07, 6.45) is 0.593. The van der Waals surface area contributed by atoms with Crippen LogP contribution in [-0.4, -0.2) is 30.8 Å². The lowest BCUT2D eigenvalue weighted by Crippen LogP contribution is -2.31. The Labute approximate surface area is 111 Å². The fourth-order valence-corrected chi connectivity index (χ4v) is 2.14. The molecule has 18 heavy (non-hydrogen) atoms. The van der Waals surface area contributed by atoms with Crippen LogP contribution in [0.3, 0.4) is 0 Å². The van der Waals surface area contributed by atoms with Crippen LogP contribution in [0, 0.1) is 12.3 Å². The molecule has 0 bridgehead atoms. The number of aryl methyl sites for hydroxylation is 1. The van der Waals surface area contributed by atoms with Crippen molar-refractivity contribution >= 4 is 5.78 Å². The molecule has 0 radical (unpaired) electrons. The smallest absolute Gasteiger partial charge is 0.164 e. The van der Waals surface area contributed by atoms with E-state index in [0.717, 1.165) is 24.2 Å². The predicted molar refractivity (Wildman–Crippen MR) is 77.1 cm³/mol. The second-order valence-electron chi connectivity index (χ2n) is 6.34. The first-order valence-corrected chi connectivity index (χ1v) is 6.56. The number of ketones is 1. The molecule has 0 saturated carbocycles. The van der Waals surface area contributed by atoms with E-state index in [1.54, 1.807) is 0 Å². The number of carbonyl (C=O) groups excluding carboxylic acids is 1. The minimum absolute atomic E-state index is 0.236. The van der Waals surface area contributed by atoms with Crippen molar-refractivity contribution in [1.82, 2.24) is 4.90 Å². The van der Waals surface area contributed by atoms with E-state index in [1.807, 2.05) is 31.2 Å². The summed E-state index contributed by atoms with van der Waals surface area (Å²) < 4.78 is 0. The van der Waals surface area contributed by atoms with Crippen LogP contribution in [0.1, 0.15) is 43.1 Å². The number of benzene rings is 1. The minimum Gasteiger partial charge on any atom is -0.305 e. The topological polar surface area (TPSA) is 20.3 Å². The van der Waals surface area contributed by atoms with Crippen LogP contribution in [0.4, 0.5) is 0 Å². The number of nitrogens with zero attached hydrogens (tertiary/aromatic N) is 1. The van der Waals surface area contributed by atoms with Gasteiger partial charge in [-0.2, -0.15) is 0 Å². The van der Waals surface area contributed by atoms with Crippen molar-refractivity contribution in [2.24, 2.45) is 5.41 Å². The highest BCUT2D eigenvalue weighted by atomic mass is 16.1. The molecule has 1 aromatic carbocycles. The van der Waals surface area contributed by atoms with E-state index in [9.17, 15) is 4.79 Å². The lowest BCUT2D eigenvalue weighted by atomic mass is 9.96. The van der Waals surface area contributed by atoms with Gasteiger partial charge in [0.25, 0.3) is 0 Å². The van der Waals surface area contributed by atoms with Gasteiger partial charge in [-0.3, -0.25) is 4.79 Å². The standard InChI is InChI=1S/C16H25NO/c1-13-7-6-8-14(11-13)15(18)9-10-17(5)12-16(2,3)4/h6-8,11H,9-10,12H2,1-5H3. The van der Waals surface area contributed by atoms with Gasteiger partial charge in [0.15, 0.2) is 5.78 Å². The molecule has 1 aromatic rings. The van der Waals surface area contributed by atoms with Gasteiger partial charge in [-0.25, -0.2) is 0 Å². The van der Waals surface area contributed by atoms with Crippen molar-refractivity contribution in [2.45, 2.75) is 34.1 Å². The average Bonchev–Trinajstić information content (AvgIpc) is 2.23. The second-order valence-corrected chi connectivity index (χ2v) is 6.34. The molecule has 0 aromatic heterocycles. The molecular weight excluding hydrogens is 222 g/mol. The van der Waals surface area contributed by atoms with Crippen molar-refractivity contribution in [3.63, 3.8) is 0 Å². The Balaban J connectivity index is 2.47. The first kappa shape index (κ1) is 14.9. The molecule has 1 rings (SSSR count). The third-order valence-corrected chi connectivity index (χ3v) is 2.80. The van der Waals surface area contributed by atoms with Crippen LogP contribution in [-0.2, 0) is 0 Å². The Morgan fingerprint density at radius 2 is 1.94 bits per heavy atom. The monoisotopic (exact) mass is 247 g/mol. The van der Waals surface area contributed by atoms with E-state index >= 15 is 0 Å². The summed E-state index contributed by atoms with van der Waals surface area (Å²) in [4.78, 5) is 14.3. The molecule has 2 heteroatoms. The largest absolute Gasteiger partial charge is 0.305 e. The summed E-state index contributed by atoms with van der Waals surface area (Å²) in [7, 11) is 2.08. The van der Waals surface area contributed by atoms with Crippen LogP contribution >= 0.6 is 0 Å². The number of hydrogen-bond donors (Lipinski definition) is 0.